The van der Waals surface area contributed by atoms with Crippen LogP contribution in [-0.2, 0) is 0 Å². The van der Waals surface area contributed by atoms with Crippen molar-refractivity contribution < 1.29 is 0 Å². The molecule has 1 aliphatic heterocycles. The van der Waals surface area contributed by atoms with Gasteiger partial charge in [0, 0.05) is 5.22 Å². The first-order chi connectivity index (χ1) is 8.92. The van der Waals surface area contributed by atoms with Gasteiger partial charge in [0.1, 0.15) is 0 Å². The van der Waals surface area contributed by atoms with E-state index >= 15 is 0 Å². The fraction of sp³-hybridized carbons (Fsp3) is 0. The van der Waals surface area contributed by atoms with Crippen LogP contribution >= 0.6 is 0 Å². The minimum Gasteiger partial charge on any atom is -0.244 e. The quantitative estimate of drug-likeness (QED) is 0.447. The zero-order valence-electron chi connectivity index (χ0n) is 9.59. The van der Waals surface area contributed by atoms with Crippen molar-refractivity contribution in [3.63, 3.8) is 0 Å². The molecule has 1 aromatic heterocycles. The lowest BCUT2D eigenvalue weighted by atomic mass is 10.2. The Morgan fingerprint density at radius 1 is 0.833 bits per heavy atom. The topological polar surface area (TPSA) is 25.8 Å². The molecule has 0 amide bonds. The van der Waals surface area contributed by atoms with E-state index in [4.69, 9.17) is 4.98 Å². The van der Waals surface area contributed by atoms with Crippen LogP contribution in [0.4, 0.5) is 0 Å². The first-order valence-electron chi connectivity index (χ1n) is 5.88. The number of aromatic nitrogens is 2. The van der Waals surface area contributed by atoms with Gasteiger partial charge in [-0.05, 0) is 23.0 Å². The number of hydrogen-bond acceptors (Lipinski definition) is 2. The van der Waals surface area contributed by atoms with E-state index in [1.807, 2.05) is 24.3 Å². The minimum absolute atomic E-state index is 0.733. The van der Waals surface area contributed by atoms with E-state index in [2.05, 4.69) is 35.0 Å². The van der Waals surface area contributed by atoms with Crippen molar-refractivity contribution in [3.05, 3.63) is 58.2 Å². The summed E-state index contributed by atoms with van der Waals surface area (Å²) in [6.07, 6.45) is 4.24. The van der Waals surface area contributed by atoms with Crippen molar-refractivity contribution in [1.82, 2.24) is 9.97 Å². The third kappa shape index (κ3) is 1.37. The monoisotopic (exact) mass is 245 g/mol. The second-order valence-corrected chi connectivity index (χ2v) is 5.44. The lowest BCUT2D eigenvalue weighted by Gasteiger charge is -2.03. The molecule has 0 unspecified atom stereocenters. The summed E-state index contributed by atoms with van der Waals surface area (Å²) >= 11 is 0. The Balaban J connectivity index is 2.28. The van der Waals surface area contributed by atoms with Crippen molar-refractivity contribution in [3.8, 4) is 0 Å². The number of para-hydroxylation sites is 2. The molecule has 2 nitrogen and oxygen atoms in total. The molecule has 0 N–H and O–H groups in total. The minimum atomic E-state index is 0.733. The highest BCUT2D eigenvalue weighted by atomic mass is 28.2. The van der Waals surface area contributed by atoms with E-state index in [1.165, 1.54) is 10.0 Å². The highest BCUT2D eigenvalue weighted by Crippen LogP contribution is 2.13. The molecule has 0 atom stereocenters. The number of allylic oxidation sites excluding steroid dienone is 1. The Kier molecular flexibility index (Phi) is 2.01. The number of nitrogens with zero attached hydrogens (tertiary/aromatic N) is 2. The van der Waals surface area contributed by atoms with Gasteiger partial charge in [-0.3, -0.25) is 0 Å². The molecule has 1 aliphatic rings. The molecule has 0 bridgehead atoms. The van der Waals surface area contributed by atoms with Crippen LogP contribution in [0.25, 0.3) is 28.1 Å². The lowest BCUT2D eigenvalue weighted by molar-refractivity contribution is 1.37. The van der Waals surface area contributed by atoms with Crippen molar-refractivity contribution in [1.29, 1.82) is 0 Å². The molecular formula is C15H9N2Si. The van der Waals surface area contributed by atoms with Crippen molar-refractivity contribution in [2.45, 2.75) is 0 Å². The molecule has 3 heteroatoms. The van der Waals surface area contributed by atoms with Crippen LogP contribution in [0.2, 0.25) is 0 Å². The largest absolute Gasteiger partial charge is 0.244 e. The molecular weight excluding hydrogens is 236 g/mol. The van der Waals surface area contributed by atoms with E-state index in [0.717, 1.165) is 31.2 Å². The molecule has 0 aliphatic carbocycles. The highest BCUT2D eigenvalue weighted by molar-refractivity contribution is 6.34. The van der Waals surface area contributed by atoms with Crippen LogP contribution in [0.15, 0.2) is 48.2 Å². The number of hydrogen-bond donors (Lipinski definition) is 0. The third-order valence-corrected chi connectivity index (χ3v) is 4.25. The average molecular weight is 245 g/mol. The van der Waals surface area contributed by atoms with Gasteiger partial charge in [0.2, 0.25) is 0 Å². The van der Waals surface area contributed by atoms with Gasteiger partial charge in [0.15, 0.2) is 0 Å². The molecule has 3 aromatic rings. The predicted molar refractivity (Wildman–Crippen MR) is 74.9 cm³/mol. The van der Waals surface area contributed by atoms with Gasteiger partial charge >= 0.3 is 0 Å². The normalized spacial score (nSPS) is 13.1. The lowest BCUT2D eigenvalue weighted by Crippen LogP contribution is -2.10. The van der Waals surface area contributed by atoms with Crippen molar-refractivity contribution >= 4 is 37.3 Å². The fourth-order valence-electron chi connectivity index (χ4n) is 2.28. The number of benzene rings is 2. The van der Waals surface area contributed by atoms with Gasteiger partial charge < -0.3 is 0 Å². The summed E-state index contributed by atoms with van der Waals surface area (Å²) in [6.45, 7) is 0. The summed E-state index contributed by atoms with van der Waals surface area (Å²) in [5, 5.41) is 1.23. The van der Waals surface area contributed by atoms with E-state index in [1.54, 1.807) is 0 Å². The maximum absolute atomic E-state index is 4.77. The predicted octanol–water partition coefficient (Wildman–Crippen LogP) is 2.05. The first kappa shape index (κ1) is 9.85. The summed E-state index contributed by atoms with van der Waals surface area (Å²) in [4.78, 5) is 10.8. The van der Waals surface area contributed by atoms with Crippen LogP contribution in [0.1, 0.15) is 0 Å². The third-order valence-electron chi connectivity index (χ3n) is 3.15. The molecule has 83 valence electrons. The zero-order chi connectivity index (χ0) is 11.9. The molecule has 18 heavy (non-hydrogen) atoms. The summed E-state index contributed by atoms with van der Waals surface area (Å²) in [6, 6.07) is 12.3. The molecule has 0 saturated carbocycles. The second kappa shape index (κ2) is 3.68. The van der Waals surface area contributed by atoms with E-state index in [-0.39, 0.29) is 0 Å². The van der Waals surface area contributed by atoms with Crippen LogP contribution in [0.3, 0.4) is 0 Å². The van der Waals surface area contributed by atoms with Crippen LogP contribution in [0.5, 0.6) is 0 Å². The summed E-state index contributed by atoms with van der Waals surface area (Å²) in [5.41, 5.74) is 6.11. The Morgan fingerprint density at radius 2 is 1.67 bits per heavy atom. The second-order valence-electron chi connectivity index (χ2n) is 4.28. The summed E-state index contributed by atoms with van der Waals surface area (Å²) < 4.78 is 0. The summed E-state index contributed by atoms with van der Waals surface area (Å²) in [5.74, 6) is 0. The Hall–Kier alpha value is -2.13. The highest BCUT2D eigenvalue weighted by Gasteiger charge is 2.03. The Morgan fingerprint density at radius 3 is 2.56 bits per heavy atom. The van der Waals surface area contributed by atoms with Crippen LogP contribution in [0, 0.1) is 4.81 Å². The summed E-state index contributed by atoms with van der Waals surface area (Å²) in [7, 11) is 0.733. The molecule has 2 aromatic carbocycles. The number of fused-ring (bicyclic) bond motifs is 4. The van der Waals surface area contributed by atoms with Crippen LogP contribution < -0.4 is 5.22 Å². The zero-order valence-corrected chi connectivity index (χ0v) is 10.6. The van der Waals surface area contributed by atoms with Gasteiger partial charge in [-0.1, -0.05) is 36.1 Å². The maximum Gasteiger partial charge on any atom is 0.0968 e. The fourth-order valence-corrected chi connectivity index (χ4v) is 3.19. The molecule has 0 saturated heterocycles. The average Bonchev–Trinajstić information content (AvgIpc) is 2.45. The van der Waals surface area contributed by atoms with Crippen LogP contribution in [-0.4, -0.2) is 19.1 Å². The van der Waals surface area contributed by atoms with E-state index < -0.39 is 0 Å². The van der Waals surface area contributed by atoms with Gasteiger partial charge in [0.05, 0.1) is 31.2 Å². The van der Waals surface area contributed by atoms with Gasteiger partial charge in [0.25, 0.3) is 0 Å². The Bertz CT molecular complexity index is 926. The molecule has 2 heterocycles. The van der Waals surface area contributed by atoms with Gasteiger partial charge in [-0.15, -0.1) is 0 Å². The van der Waals surface area contributed by atoms with E-state index in [0.29, 0.717) is 0 Å². The van der Waals surface area contributed by atoms with Crippen molar-refractivity contribution in [2.24, 2.45) is 0 Å². The standard InChI is InChI=1S/C15H9N2Si/c1-2-6-12-11(5-1)16-13-7-8-14-10(15(13)17-12)4-3-9-18-14/h1-9H. The Labute approximate surface area is 106 Å². The molecule has 0 fully saturated rings. The first-order valence-corrected chi connectivity index (χ1v) is 6.95. The molecule has 4 rings (SSSR count). The molecule has 0 spiro atoms. The SMILES string of the molecule is C1=C[Si]=c2ccc3nc4ccccc4nc3c2=C1. The van der Waals surface area contributed by atoms with Gasteiger partial charge in [-0.2, -0.15) is 0 Å². The van der Waals surface area contributed by atoms with Crippen molar-refractivity contribution in [2.75, 3.05) is 0 Å². The number of rotatable bonds is 0. The maximum atomic E-state index is 4.77. The molecule has 1 radical (unpaired) electrons. The van der Waals surface area contributed by atoms with E-state index in [9.17, 15) is 0 Å². The van der Waals surface area contributed by atoms with Gasteiger partial charge in [-0.25, -0.2) is 9.97 Å². The smallest absolute Gasteiger partial charge is 0.0968 e.